The number of carbonyl (C=O) groups excluding carboxylic acids is 1. The van der Waals surface area contributed by atoms with Gasteiger partial charge in [-0.05, 0) is 25.1 Å². The Labute approximate surface area is 193 Å². The van der Waals surface area contributed by atoms with Gasteiger partial charge in [0, 0.05) is 37.1 Å². The minimum Gasteiger partial charge on any atom is -0.493 e. The second-order valence-electron chi connectivity index (χ2n) is 7.20. The Balaban J connectivity index is 1.70. The fourth-order valence-electron chi connectivity index (χ4n) is 3.42. The standard InChI is InChI=1S/C21H20Cl2FN5O3/c1-11-9-25-5-6-29(11)21(30)32-17-7-12-15(8-16(17)31-2)26-10-27-20(12)28-14-4-3-13(22)18(23)19(14)24/h3-4,7-8,10-11,25H,5-6,9H2,1-2H3,(H,26,27,28)/t11-/m1/s1. The number of aromatic nitrogens is 2. The average Bonchev–Trinajstić information content (AvgIpc) is 2.79. The molecule has 1 atom stereocenters. The zero-order chi connectivity index (χ0) is 22.8. The lowest BCUT2D eigenvalue weighted by Crippen LogP contribution is -2.53. The molecule has 0 unspecified atom stereocenters. The average molecular weight is 480 g/mol. The van der Waals surface area contributed by atoms with Crippen molar-refractivity contribution in [1.82, 2.24) is 20.2 Å². The summed E-state index contributed by atoms with van der Waals surface area (Å²) in [6, 6.07) is 6.12. The first-order valence-corrected chi connectivity index (χ1v) is 10.6. The maximum absolute atomic E-state index is 14.5. The third-order valence-electron chi connectivity index (χ3n) is 5.14. The number of hydrogen-bond acceptors (Lipinski definition) is 7. The Hall–Kier alpha value is -2.88. The molecule has 11 heteroatoms. The highest BCUT2D eigenvalue weighted by Gasteiger charge is 2.26. The van der Waals surface area contributed by atoms with Crippen molar-refractivity contribution in [3.8, 4) is 11.5 Å². The van der Waals surface area contributed by atoms with Crippen LogP contribution in [0.1, 0.15) is 6.92 Å². The Morgan fingerprint density at radius 3 is 2.84 bits per heavy atom. The number of amides is 1. The van der Waals surface area contributed by atoms with Gasteiger partial charge in [0.05, 0.1) is 28.4 Å². The van der Waals surface area contributed by atoms with Crippen LogP contribution in [0.4, 0.5) is 20.7 Å². The lowest BCUT2D eigenvalue weighted by atomic mass is 10.2. The molecule has 0 aliphatic carbocycles. The molecule has 1 amide bonds. The summed E-state index contributed by atoms with van der Waals surface area (Å²) >= 11 is 11.8. The minimum atomic E-state index is -0.709. The van der Waals surface area contributed by atoms with Crippen LogP contribution in [0.25, 0.3) is 10.9 Å². The van der Waals surface area contributed by atoms with E-state index in [-0.39, 0.29) is 27.5 Å². The number of fused-ring (bicyclic) bond motifs is 1. The number of halogens is 3. The summed E-state index contributed by atoms with van der Waals surface area (Å²) < 4.78 is 25.6. The number of ether oxygens (including phenoxy) is 2. The van der Waals surface area contributed by atoms with Crippen LogP contribution in [-0.4, -0.2) is 53.7 Å². The normalized spacial score (nSPS) is 16.2. The largest absolute Gasteiger partial charge is 0.493 e. The quantitative estimate of drug-likeness (QED) is 0.527. The van der Waals surface area contributed by atoms with Crippen LogP contribution in [-0.2, 0) is 0 Å². The topological polar surface area (TPSA) is 88.6 Å². The number of benzene rings is 2. The van der Waals surface area contributed by atoms with E-state index >= 15 is 0 Å². The molecule has 3 aromatic rings. The first-order valence-electron chi connectivity index (χ1n) is 9.81. The lowest BCUT2D eigenvalue weighted by molar-refractivity contribution is 0.123. The van der Waals surface area contributed by atoms with E-state index in [0.29, 0.717) is 42.1 Å². The number of piperazine rings is 1. The number of carbonyl (C=O) groups is 1. The highest BCUT2D eigenvalue weighted by molar-refractivity contribution is 6.42. The third-order valence-corrected chi connectivity index (χ3v) is 5.92. The monoisotopic (exact) mass is 479 g/mol. The van der Waals surface area contributed by atoms with E-state index in [1.807, 2.05) is 6.92 Å². The molecule has 1 aromatic heterocycles. The van der Waals surface area contributed by atoms with Crippen molar-refractivity contribution >= 4 is 51.7 Å². The molecule has 0 spiro atoms. The van der Waals surface area contributed by atoms with Gasteiger partial charge in [-0.1, -0.05) is 23.2 Å². The molecule has 1 fully saturated rings. The van der Waals surface area contributed by atoms with E-state index in [4.69, 9.17) is 32.7 Å². The summed E-state index contributed by atoms with van der Waals surface area (Å²) in [5.41, 5.74) is 0.596. The second-order valence-corrected chi connectivity index (χ2v) is 7.99. The Kier molecular flexibility index (Phi) is 6.50. The van der Waals surface area contributed by atoms with Crippen molar-refractivity contribution in [2.24, 2.45) is 0 Å². The molecule has 1 saturated heterocycles. The SMILES string of the molecule is COc1cc2ncnc(Nc3ccc(Cl)c(Cl)c3F)c2cc1OC(=O)N1CCNC[C@H]1C. The number of methoxy groups -OCH3 is 1. The zero-order valence-corrected chi connectivity index (χ0v) is 18.8. The Morgan fingerprint density at radius 2 is 2.09 bits per heavy atom. The van der Waals surface area contributed by atoms with E-state index in [1.165, 1.54) is 25.6 Å². The van der Waals surface area contributed by atoms with Gasteiger partial charge < -0.3 is 25.0 Å². The number of anilines is 2. The number of hydrogen-bond donors (Lipinski definition) is 2. The number of nitrogens with one attached hydrogen (secondary N) is 2. The molecule has 2 aromatic carbocycles. The van der Waals surface area contributed by atoms with Gasteiger partial charge in [0.1, 0.15) is 12.1 Å². The van der Waals surface area contributed by atoms with Crippen LogP contribution in [0.3, 0.4) is 0 Å². The first-order chi connectivity index (χ1) is 15.4. The summed E-state index contributed by atoms with van der Waals surface area (Å²) in [4.78, 5) is 22.9. The maximum atomic E-state index is 14.5. The van der Waals surface area contributed by atoms with Gasteiger partial charge in [0.15, 0.2) is 17.3 Å². The summed E-state index contributed by atoms with van der Waals surface area (Å²) in [6.07, 6.45) is 0.840. The predicted molar refractivity (Wildman–Crippen MR) is 121 cm³/mol. The maximum Gasteiger partial charge on any atom is 0.415 e. The van der Waals surface area contributed by atoms with Crippen LogP contribution < -0.4 is 20.1 Å². The minimum absolute atomic E-state index is 0.0131. The lowest BCUT2D eigenvalue weighted by Gasteiger charge is -2.33. The molecule has 1 aliphatic heterocycles. The van der Waals surface area contributed by atoms with E-state index in [9.17, 15) is 9.18 Å². The van der Waals surface area contributed by atoms with Crippen molar-refractivity contribution in [3.05, 3.63) is 46.5 Å². The van der Waals surface area contributed by atoms with Gasteiger partial charge in [0.2, 0.25) is 0 Å². The molecule has 4 rings (SSSR count). The molecule has 0 saturated carbocycles. The zero-order valence-electron chi connectivity index (χ0n) is 17.3. The smallest absolute Gasteiger partial charge is 0.415 e. The van der Waals surface area contributed by atoms with Crippen molar-refractivity contribution < 1.29 is 18.7 Å². The van der Waals surface area contributed by atoms with Crippen LogP contribution in [0.15, 0.2) is 30.6 Å². The van der Waals surface area contributed by atoms with E-state index in [2.05, 4.69) is 20.6 Å². The van der Waals surface area contributed by atoms with E-state index < -0.39 is 11.9 Å². The predicted octanol–water partition coefficient (Wildman–Crippen LogP) is 4.62. The molecule has 8 nitrogen and oxygen atoms in total. The van der Waals surface area contributed by atoms with Crippen LogP contribution in [0.2, 0.25) is 10.0 Å². The molecule has 0 radical (unpaired) electrons. The molecular formula is C21H20Cl2FN5O3. The molecule has 168 valence electrons. The molecular weight excluding hydrogens is 460 g/mol. The fourth-order valence-corrected chi connectivity index (χ4v) is 3.73. The van der Waals surface area contributed by atoms with Crippen molar-refractivity contribution in [2.75, 3.05) is 32.1 Å². The first kappa shape index (κ1) is 22.3. The van der Waals surface area contributed by atoms with Crippen LogP contribution in [0.5, 0.6) is 11.5 Å². The summed E-state index contributed by atoms with van der Waals surface area (Å²) in [6.45, 7) is 3.83. The molecule has 2 heterocycles. The van der Waals surface area contributed by atoms with Crippen LogP contribution >= 0.6 is 23.2 Å². The molecule has 1 aliphatic rings. The van der Waals surface area contributed by atoms with E-state index in [1.54, 1.807) is 17.0 Å². The summed E-state index contributed by atoms with van der Waals surface area (Å²) in [5, 5.41) is 6.53. The molecule has 2 N–H and O–H groups in total. The third kappa shape index (κ3) is 4.36. The summed E-state index contributed by atoms with van der Waals surface area (Å²) in [5.74, 6) is 0.115. The Bertz CT molecular complexity index is 1180. The fraction of sp³-hybridized carbons (Fsp3) is 0.286. The van der Waals surface area contributed by atoms with Gasteiger partial charge in [0.25, 0.3) is 0 Å². The van der Waals surface area contributed by atoms with E-state index in [0.717, 1.165) is 0 Å². The van der Waals surface area contributed by atoms with Gasteiger partial charge in [-0.15, -0.1) is 0 Å². The van der Waals surface area contributed by atoms with Gasteiger partial charge in [-0.3, -0.25) is 0 Å². The molecule has 32 heavy (non-hydrogen) atoms. The Morgan fingerprint density at radius 1 is 1.28 bits per heavy atom. The summed E-state index contributed by atoms with van der Waals surface area (Å²) in [7, 11) is 1.47. The van der Waals surface area contributed by atoms with Gasteiger partial charge in [-0.2, -0.15) is 0 Å². The van der Waals surface area contributed by atoms with Gasteiger partial charge in [-0.25, -0.2) is 19.2 Å². The van der Waals surface area contributed by atoms with Crippen molar-refractivity contribution in [2.45, 2.75) is 13.0 Å². The van der Waals surface area contributed by atoms with Crippen LogP contribution in [0, 0.1) is 5.82 Å². The highest BCUT2D eigenvalue weighted by Crippen LogP contribution is 2.37. The molecule has 0 bridgehead atoms. The second kappa shape index (κ2) is 9.32. The number of nitrogens with zero attached hydrogens (tertiary/aromatic N) is 3. The van der Waals surface area contributed by atoms with Crippen molar-refractivity contribution in [3.63, 3.8) is 0 Å². The number of rotatable bonds is 4. The highest BCUT2D eigenvalue weighted by atomic mass is 35.5. The van der Waals surface area contributed by atoms with Gasteiger partial charge >= 0.3 is 6.09 Å². The van der Waals surface area contributed by atoms with Crippen molar-refractivity contribution in [1.29, 1.82) is 0 Å².